The fourth-order valence-electron chi connectivity index (χ4n) is 2.03. The lowest BCUT2D eigenvalue weighted by Crippen LogP contribution is -2.13. The van der Waals surface area contributed by atoms with Crippen molar-refractivity contribution in [3.8, 4) is 5.75 Å². The molecular weight excluding hydrogens is 316 g/mol. The number of Topliss-reactive ketones (excluding diaryl/α,β-unsaturated/α-hetero) is 1. The Morgan fingerprint density at radius 1 is 1.10 bits per heavy atom. The Bertz CT molecular complexity index is 647. The number of carbonyl (C=O) groups excluding carboxylic acids is 1. The highest BCUT2D eigenvalue weighted by molar-refractivity contribution is 9.10. The molecule has 20 heavy (non-hydrogen) atoms. The van der Waals surface area contributed by atoms with Crippen LogP contribution in [-0.4, -0.2) is 12.4 Å². The predicted octanol–water partition coefficient (Wildman–Crippen LogP) is 4.64. The maximum Gasteiger partial charge on any atom is 0.200 e. The van der Waals surface area contributed by atoms with Crippen molar-refractivity contribution in [1.82, 2.24) is 0 Å². The van der Waals surface area contributed by atoms with Crippen LogP contribution in [-0.2, 0) is 0 Å². The average Bonchev–Trinajstić information content (AvgIpc) is 2.43. The number of hydrogen-bond donors (Lipinski definition) is 0. The van der Waals surface area contributed by atoms with Crippen LogP contribution in [0.15, 0.2) is 40.9 Å². The van der Waals surface area contributed by atoms with Gasteiger partial charge in [-0.2, -0.15) is 0 Å². The molecule has 0 aliphatic rings. The molecule has 0 fully saturated rings. The highest BCUT2D eigenvalue weighted by atomic mass is 79.9. The molecule has 0 saturated heterocycles. The Hall–Kier alpha value is -1.61. The topological polar surface area (TPSA) is 26.3 Å². The van der Waals surface area contributed by atoms with E-state index in [0.29, 0.717) is 5.56 Å². The zero-order valence-corrected chi connectivity index (χ0v) is 13.5. The van der Waals surface area contributed by atoms with Crippen LogP contribution in [0.25, 0.3) is 0 Å². The lowest BCUT2D eigenvalue weighted by Gasteiger charge is -2.13. The Labute approximate surface area is 127 Å². The Morgan fingerprint density at radius 3 is 2.50 bits per heavy atom. The van der Waals surface area contributed by atoms with Crippen molar-refractivity contribution in [1.29, 1.82) is 0 Å². The molecule has 0 aliphatic heterocycles. The maximum absolute atomic E-state index is 12.1. The van der Waals surface area contributed by atoms with E-state index in [9.17, 15) is 4.79 Å². The van der Waals surface area contributed by atoms with E-state index in [1.54, 1.807) is 6.07 Å². The van der Waals surface area contributed by atoms with Crippen molar-refractivity contribution in [2.24, 2.45) is 0 Å². The molecule has 0 spiro atoms. The molecule has 0 atom stereocenters. The van der Waals surface area contributed by atoms with Gasteiger partial charge in [-0.15, -0.1) is 0 Å². The van der Waals surface area contributed by atoms with Gasteiger partial charge in [-0.3, -0.25) is 4.79 Å². The van der Waals surface area contributed by atoms with E-state index in [4.69, 9.17) is 4.74 Å². The highest BCUT2D eigenvalue weighted by Gasteiger charge is 2.11. The summed E-state index contributed by atoms with van der Waals surface area (Å²) in [7, 11) is 0. The normalized spacial score (nSPS) is 10.4. The van der Waals surface area contributed by atoms with Crippen molar-refractivity contribution in [3.63, 3.8) is 0 Å². The molecule has 0 aliphatic carbocycles. The summed E-state index contributed by atoms with van der Waals surface area (Å²) in [6.45, 7) is 6.10. The Balaban J connectivity index is 2.13. The first-order chi connectivity index (χ1) is 9.49. The van der Waals surface area contributed by atoms with Gasteiger partial charge in [-0.1, -0.05) is 40.2 Å². The number of hydrogen-bond acceptors (Lipinski definition) is 2. The number of benzene rings is 2. The van der Waals surface area contributed by atoms with Crippen molar-refractivity contribution >= 4 is 21.7 Å². The van der Waals surface area contributed by atoms with E-state index in [2.05, 4.69) is 22.0 Å². The largest absolute Gasteiger partial charge is 0.485 e. The van der Waals surface area contributed by atoms with E-state index in [0.717, 1.165) is 21.3 Å². The summed E-state index contributed by atoms with van der Waals surface area (Å²) >= 11 is 3.37. The molecular formula is C17H17BrO2. The Kier molecular flexibility index (Phi) is 4.61. The average molecular weight is 333 g/mol. The van der Waals surface area contributed by atoms with E-state index < -0.39 is 0 Å². The number of ether oxygens (including phenoxy) is 1. The minimum absolute atomic E-state index is 0.0217. The van der Waals surface area contributed by atoms with Crippen LogP contribution >= 0.6 is 15.9 Å². The zero-order valence-electron chi connectivity index (χ0n) is 11.9. The summed E-state index contributed by atoms with van der Waals surface area (Å²) in [4.78, 5) is 12.1. The monoisotopic (exact) mass is 332 g/mol. The maximum atomic E-state index is 12.1. The quantitative estimate of drug-likeness (QED) is 0.762. The molecule has 2 aromatic rings. The summed E-state index contributed by atoms with van der Waals surface area (Å²) in [5.41, 5.74) is 3.96. The number of rotatable bonds is 4. The standard InChI is InChI=1S/C17H17BrO2/c1-11-7-8-12(2)17(13(11)3)20-10-16(19)14-5-4-6-15(18)9-14/h4-9H,10H2,1-3H3. The molecule has 3 heteroatoms. The number of ketones is 1. The van der Waals surface area contributed by atoms with Crippen molar-refractivity contribution in [3.05, 3.63) is 63.1 Å². The fraction of sp³-hybridized carbons (Fsp3) is 0.235. The van der Waals surface area contributed by atoms with Crippen molar-refractivity contribution < 1.29 is 9.53 Å². The molecule has 2 aromatic carbocycles. The van der Waals surface area contributed by atoms with Crippen LogP contribution in [0, 0.1) is 20.8 Å². The number of carbonyl (C=O) groups is 1. The minimum atomic E-state index is -0.0217. The molecule has 0 saturated carbocycles. The van der Waals surface area contributed by atoms with E-state index in [1.807, 2.05) is 45.0 Å². The molecule has 0 aromatic heterocycles. The summed E-state index contributed by atoms with van der Waals surface area (Å²) in [6.07, 6.45) is 0. The molecule has 0 amide bonds. The molecule has 2 rings (SSSR count). The van der Waals surface area contributed by atoms with Gasteiger partial charge < -0.3 is 4.74 Å². The van der Waals surface area contributed by atoms with E-state index >= 15 is 0 Å². The third kappa shape index (κ3) is 3.28. The van der Waals surface area contributed by atoms with Crippen LogP contribution in [0.4, 0.5) is 0 Å². The number of aryl methyl sites for hydroxylation is 2. The lowest BCUT2D eigenvalue weighted by molar-refractivity contribution is 0.0920. The second kappa shape index (κ2) is 6.23. The minimum Gasteiger partial charge on any atom is -0.485 e. The summed E-state index contributed by atoms with van der Waals surface area (Å²) in [6, 6.07) is 11.4. The molecule has 0 N–H and O–H groups in total. The summed E-state index contributed by atoms with van der Waals surface area (Å²) in [5.74, 6) is 0.792. The van der Waals surface area contributed by atoms with Gasteiger partial charge in [0.05, 0.1) is 0 Å². The molecule has 2 nitrogen and oxygen atoms in total. The van der Waals surface area contributed by atoms with Gasteiger partial charge in [0.2, 0.25) is 0 Å². The van der Waals surface area contributed by atoms with Gasteiger partial charge in [-0.25, -0.2) is 0 Å². The van der Waals surface area contributed by atoms with Gasteiger partial charge >= 0.3 is 0 Å². The van der Waals surface area contributed by atoms with E-state index in [1.165, 1.54) is 5.56 Å². The summed E-state index contributed by atoms with van der Waals surface area (Å²) < 4.78 is 6.63. The zero-order chi connectivity index (χ0) is 14.7. The Morgan fingerprint density at radius 2 is 1.80 bits per heavy atom. The van der Waals surface area contributed by atoms with Crippen LogP contribution in [0.1, 0.15) is 27.0 Å². The first-order valence-corrected chi connectivity index (χ1v) is 7.26. The number of halogens is 1. The van der Waals surface area contributed by atoms with Crippen LogP contribution < -0.4 is 4.74 Å². The van der Waals surface area contributed by atoms with Gasteiger partial charge in [0.1, 0.15) is 5.75 Å². The van der Waals surface area contributed by atoms with Gasteiger partial charge in [0.25, 0.3) is 0 Å². The molecule has 0 heterocycles. The second-order valence-corrected chi connectivity index (χ2v) is 5.79. The fourth-order valence-corrected chi connectivity index (χ4v) is 2.43. The second-order valence-electron chi connectivity index (χ2n) is 4.88. The smallest absolute Gasteiger partial charge is 0.200 e. The van der Waals surface area contributed by atoms with Crippen LogP contribution in [0.2, 0.25) is 0 Å². The van der Waals surface area contributed by atoms with E-state index in [-0.39, 0.29) is 12.4 Å². The molecule has 0 bridgehead atoms. The summed E-state index contributed by atoms with van der Waals surface area (Å²) in [5, 5.41) is 0. The first-order valence-electron chi connectivity index (χ1n) is 6.47. The van der Waals surface area contributed by atoms with Crippen molar-refractivity contribution in [2.45, 2.75) is 20.8 Å². The molecule has 0 unspecified atom stereocenters. The van der Waals surface area contributed by atoms with Crippen molar-refractivity contribution in [2.75, 3.05) is 6.61 Å². The first kappa shape index (κ1) is 14.8. The van der Waals surface area contributed by atoms with Gasteiger partial charge in [0.15, 0.2) is 12.4 Å². The molecule has 0 radical (unpaired) electrons. The SMILES string of the molecule is Cc1ccc(C)c(OCC(=O)c2cccc(Br)c2)c1C. The third-order valence-electron chi connectivity index (χ3n) is 3.37. The molecule has 104 valence electrons. The van der Waals surface area contributed by atoms with Crippen LogP contribution in [0.5, 0.6) is 5.75 Å². The van der Waals surface area contributed by atoms with Gasteiger partial charge in [0, 0.05) is 10.0 Å². The third-order valence-corrected chi connectivity index (χ3v) is 3.86. The predicted molar refractivity (Wildman–Crippen MR) is 84.6 cm³/mol. The lowest BCUT2D eigenvalue weighted by atomic mass is 10.1. The van der Waals surface area contributed by atoms with Crippen LogP contribution in [0.3, 0.4) is 0 Å². The highest BCUT2D eigenvalue weighted by Crippen LogP contribution is 2.25. The van der Waals surface area contributed by atoms with Gasteiger partial charge in [-0.05, 0) is 49.6 Å².